The van der Waals surface area contributed by atoms with Gasteiger partial charge >= 0.3 is 0 Å². The third-order valence-corrected chi connectivity index (χ3v) is 7.74. The Bertz CT molecular complexity index is 499. The summed E-state index contributed by atoms with van der Waals surface area (Å²) < 4.78 is 30.6. The quantitative estimate of drug-likeness (QED) is 0.733. The lowest BCUT2D eigenvalue weighted by Crippen LogP contribution is -2.47. The summed E-state index contributed by atoms with van der Waals surface area (Å²) in [7, 11) is -3.38. The molecule has 0 radical (unpaired) electrons. The van der Waals surface area contributed by atoms with Crippen molar-refractivity contribution in [2.75, 3.05) is 5.21 Å². The van der Waals surface area contributed by atoms with Crippen LogP contribution in [0, 0.1) is 5.41 Å². The molecular formula is C14H23ClO4S. The number of alkyl halides is 1. The van der Waals surface area contributed by atoms with Gasteiger partial charge in [-0.3, -0.25) is 4.79 Å². The molecule has 2 fully saturated rings. The van der Waals surface area contributed by atoms with Gasteiger partial charge in [-0.15, -0.1) is 11.6 Å². The predicted molar refractivity (Wildman–Crippen MR) is 78.6 cm³/mol. The number of hydrogen-bond donors (Lipinski definition) is 0. The molecule has 116 valence electrons. The summed E-state index contributed by atoms with van der Waals surface area (Å²) in [5.41, 5.74) is -1.01. The van der Waals surface area contributed by atoms with Crippen molar-refractivity contribution in [1.29, 1.82) is 0 Å². The number of carbonyl (C=O) groups excluding carboxylic acids is 1. The molecule has 0 aromatic rings. The van der Waals surface area contributed by atoms with Crippen molar-refractivity contribution in [3.05, 3.63) is 0 Å². The minimum atomic E-state index is -3.38. The van der Waals surface area contributed by atoms with E-state index in [-0.39, 0.29) is 22.5 Å². The van der Waals surface area contributed by atoms with Gasteiger partial charge in [0, 0.05) is 18.3 Å². The molecule has 2 rings (SSSR count). The Kier molecular flexibility index (Phi) is 4.27. The van der Waals surface area contributed by atoms with Gasteiger partial charge < -0.3 is 4.74 Å². The molecule has 0 aromatic heterocycles. The second kappa shape index (κ2) is 5.25. The van der Waals surface area contributed by atoms with Crippen molar-refractivity contribution in [2.45, 2.75) is 69.8 Å². The third kappa shape index (κ3) is 2.90. The molecule has 0 aromatic carbocycles. The fourth-order valence-corrected chi connectivity index (χ4v) is 5.69. The summed E-state index contributed by atoms with van der Waals surface area (Å²) in [5, 5.41) is -0.991. The van der Waals surface area contributed by atoms with Crippen LogP contribution in [0.4, 0.5) is 0 Å². The van der Waals surface area contributed by atoms with E-state index < -0.39 is 20.7 Å². The molecule has 1 aliphatic heterocycles. The van der Waals surface area contributed by atoms with Crippen LogP contribution >= 0.6 is 11.6 Å². The molecule has 4 nitrogen and oxygen atoms in total. The number of fused-ring (bicyclic) bond motifs is 1. The number of halogens is 1. The van der Waals surface area contributed by atoms with Crippen LogP contribution < -0.4 is 0 Å². The van der Waals surface area contributed by atoms with Gasteiger partial charge in [0.15, 0.2) is 9.84 Å². The third-order valence-electron chi connectivity index (χ3n) is 4.85. The lowest BCUT2D eigenvalue weighted by Gasteiger charge is -2.41. The summed E-state index contributed by atoms with van der Waals surface area (Å²) in [6.45, 7) is 5.69. The van der Waals surface area contributed by atoms with Crippen molar-refractivity contribution >= 4 is 27.2 Å². The molecular weight excluding hydrogens is 300 g/mol. The van der Waals surface area contributed by atoms with E-state index >= 15 is 0 Å². The zero-order valence-electron chi connectivity index (χ0n) is 12.3. The van der Waals surface area contributed by atoms with Gasteiger partial charge in [0.05, 0.1) is 17.0 Å². The highest BCUT2D eigenvalue weighted by atomic mass is 35.5. The summed E-state index contributed by atoms with van der Waals surface area (Å²) in [6, 6.07) is 0. The summed E-state index contributed by atoms with van der Waals surface area (Å²) >= 11 is 5.62. The number of carbonyl (C=O) groups is 1. The largest absolute Gasteiger partial charge is 0.370 e. The van der Waals surface area contributed by atoms with E-state index in [4.69, 9.17) is 16.3 Å². The van der Waals surface area contributed by atoms with Crippen molar-refractivity contribution in [3.63, 3.8) is 0 Å². The Hall–Kier alpha value is -0.130. The molecule has 1 aliphatic carbocycles. The van der Waals surface area contributed by atoms with E-state index in [0.717, 1.165) is 0 Å². The normalized spacial score (nSPS) is 38.1. The lowest BCUT2D eigenvalue weighted by atomic mass is 9.70. The minimum Gasteiger partial charge on any atom is -0.370 e. The molecule has 2 aliphatic rings. The van der Waals surface area contributed by atoms with Crippen LogP contribution in [0.3, 0.4) is 0 Å². The SMILES string of the molecule is CC1(C)O[C@@H]2CCC(=O)C[C@@]2(C)CC[C@H]1S(=O)(=O)CCl. The van der Waals surface area contributed by atoms with E-state index in [1.165, 1.54) is 0 Å². The highest BCUT2D eigenvalue weighted by molar-refractivity contribution is 7.93. The smallest absolute Gasteiger partial charge is 0.169 e. The van der Waals surface area contributed by atoms with Crippen LogP contribution in [0.15, 0.2) is 0 Å². The van der Waals surface area contributed by atoms with E-state index in [9.17, 15) is 13.2 Å². The average molecular weight is 323 g/mol. The van der Waals surface area contributed by atoms with Crippen LogP contribution in [0.2, 0.25) is 0 Å². The first-order chi connectivity index (χ1) is 9.11. The maximum atomic E-state index is 12.2. The molecule has 3 atom stereocenters. The monoisotopic (exact) mass is 322 g/mol. The highest BCUT2D eigenvalue weighted by Gasteiger charge is 2.51. The van der Waals surface area contributed by atoms with Crippen molar-refractivity contribution < 1.29 is 17.9 Å². The van der Waals surface area contributed by atoms with E-state index in [1.807, 2.05) is 20.8 Å². The molecule has 1 heterocycles. The van der Waals surface area contributed by atoms with Gasteiger partial charge in [-0.25, -0.2) is 8.42 Å². The number of rotatable bonds is 2. The van der Waals surface area contributed by atoms with Gasteiger partial charge in [0.2, 0.25) is 0 Å². The molecule has 0 spiro atoms. The van der Waals surface area contributed by atoms with Crippen molar-refractivity contribution in [1.82, 2.24) is 0 Å². The zero-order chi connectivity index (χ0) is 15.2. The first-order valence-corrected chi connectivity index (χ1v) is 9.33. The predicted octanol–water partition coefficient (Wildman–Crippen LogP) is 2.68. The fourth-order valence-electron chi connectivity index (χ4n) is 3.68. The molecule has 0 N–H and O–H groups in total. The zero-order valence-corrected chi connectivity index (χ0v) is 13.9. The number of ether oxygens (including phenoxy) is 1. The molecule has 6 heteroatoms. The Labute approximate surface area is 126 Å². The van der Waals surface area contributed by atoms with E-state index in [2.05, 4.69) is 0 Å². The molecule has 0 amide bonds. The standard InChI is InChI=1S/C14H23ClO4S/c1-13(2)12(20(17,18)9-15)6-7-14(3)8-10(16)4-5-11(14)19-13/h11-12H,4-9H2,1-3H3/t11-,12-,14-/m1/s1. The second-order valence-electron chi connectivity index (χ2n) is 6.92. The first kappa shape index (κ1) is 16.2. The summed E-state index contributed by atoms with van der Waals surface area (Å²) in [4.78, 5) is 11.7. The molecule has 20 heavy (non-hydrogen) atoms. The second-order valence-corrected chi connectivity index (χ2v) is 9.69. The van der Waals surface area contributed by atoms with E-state index in [1.54, 1.807) is 0 Å². The van der Waals surface area contributed by atoms with Gasteiger partial charge in [-0.1, -0.05) is 6.92 Å². The topological polar surface area (TPSA) is 60.4 Å². The number of hydrogen-bond acceptors (Lipinski definition) is 4. The maximum absolute atomic E-state index is 12.2. The van der Waals surface area contributed by atoms with Crippen LogP contribution in [-0.4, -0.2) is 36.4 Å². The van der Waals surface area contributed by atoms with Crippen LogP contribution in [0.1, 0.15) is 52.9 Å². The minimum absolute atomic E-state index is 0.0503. The number of Topliss-reactive ketones (excluding diaryl/α,β-unsaturated/α-hetero) is 1. The Morgan fingerprint density at radius 1 is 1.30 bits per heavy atom. The maximum Gasteiger partial charge on any atom is 0.169 e. The van der Waals surface area contributed by atoms with Gasteiger partial charge in [-0.05, 0) is 33.1 Å². The summed E-state index contributed by atoms with van der Waals surface area (Å²) in [6.07, 6.45) is 2.85. The van der Waals surface area contributed by atoms with Crippen LogP contribution in [0.5, 0.6) is 0 Å². The Balaban J connectivity index is 2.33. The Morgan fingerprint density at radius 2 is 1.95 bits per heavy atom. The summed E-state index contributed by atoms with van der Waals surface area (Å²) in [5.74, 6) is 0.254. The molecule has 1 saturated carbocycles. The number of ketones is 1. The Morgan fingerprint density at radius 3 is 2.55 bits per heavy atom. The highest BCUT2D eigenvalue weighted by Crippen LogP contribution is 2.47. The van der Waals surface area contributed by atoms with Crippen LogP contribution in [-0.2, 0) is 19.4 Å². The first-order valence-electron chi connectivity index (χ1n) is 7.08. The number of sulfone groups is 1. The molecule has 0 bridgehead atoms. The van der Waals surface area contributed by atoms with Gasteiger partial charge in [-0.2, -0.15) is 0 Å². The molecule has 0 unspecified atom stereocenters. The van der Waals surface area contributed by atoms with E-state index in [0.29, 0.717) is 32.1 Å². The van der Waals surface area contributed by atoms with Crippen molar-refractivity contribution in [2.24, 2.45) is 5.41 Å². The van der Waals surface area contributed by atoms with Crippen LogP contribution in [0.25, 0.3) is 0 Å². The lowest BCUT2D eigenvalue weighted by molar-refractivity contribution is -0.145. The average Bonchev–Trinajstić information content (AvgIpc) is 2.42. The van der Waals surface area contributed by atoms with Gasteiger partial charge in [0.1, 0.15) is 11.0 Å². The molecule has 1 saturated heterocycles. The van der Waals surface area contributed by atoms with Gasteiger partial charge in [0.25, 0.3) is 0 Å². The van der Waals surface area contributed by atoms with Crippen molar-refractivity contribution in [3.8, 4) is 0 Å². The fraction of sp³-hybridized carbons (Fsp3) is 0.929.